The van der Waals surface area contributed by atoms with E-state index in [0.29, 0.717) is 5.25 Å². The topological polar surface area (TPSA) is 12.9 Å². The molecule has 0 aromatic carbocycles. The smallest absolute Gasteiger partial charge is 0.110 e. The molecule has 0 aliphatic rings. The molecule has 0 saturated carbocycles. The lowest BCUT2D eigenvalue weighted by molar-refractivity contribution is 1.06. The van der Waals surface area contributed by atoms with Crippen molar-refractivity contribution in [2.45, 2.75) is 24.1 Å². The van der Waals surface area contributed by atoms with Gasteiger partial charge < -0.3 is 0 Å². The number of halogens is 1. The largest absolute Gasteiger partial charge is 0.249 e. The van der Waals surface area contributed by atoms with Crippen molar-refractivity contribution in [2.75, 3.05) is 0 Å². The van der Waals surface area contributed by atoms with E-state index in [9.17, 15) is 0 Å². The van der Waals surface area contributed by atoms with E-state index < -0.39 is 0 Å². The number of nitrogens with zero attached hydrogens (tertiary/aromatic N) is 1. The first kappa shape index (κ1) is 9.32. The van der Waals surface area contributed by atoms with E-state index in [1.165, 1.54) is 3.57 Å². The van der Waals surface area contributed by atoms with Crippen LogP contribution in [0.15, 0.2) is 23.4 Å². The fourth-order valence-corrected chi connectivity index (χ4v) is 2.16. The first-order chi connectivity index (χ1) is 5.20. The lowest BCUT2D eigenvalue weighted by Crippen LogP contribution is -1.90. The van der Waals surface area contributed by atoms with Crippen LogP contribution in [0.4, 0.5) is 0 Å². The van der Waals surface area contributed by atoms with Crippen LogP contribution < -0.4 is 0 Å². The van der Waals surface area contributed by atoms with Gasteiger partial charge in [-0.3, -0.25) is 0 Å². The predicted octanol–water partition coefficient (Wildman–Crippen LogP) is 3.19. The van der Waals surface area contributed by atoms with Crippen molar-refractivity contribution < 1.29 is 0 Å². The van der Waals surface area contributed by atoms with Gasteiger partial charge in [0.2, 0.25) is 0 Å². The number of thioether (sulfide) groups is 1. The Kier molecular flexibility index (Phi) is 3.65. The van der Waals surface area contributed by atoms with Gasteiger partial charge in [-0.05, 0) is 34.7 Å². The highest BCUT2D eigenvalue weighted by atomic mass is 127. The van der Waals surface area contributed by atoms with E-state index >= 15 is 0 Å². The highest BCUT2D eigenvalue weighted by Gasteiger charge is 2.02. The summed E-state index contributed by atoms with van der Waals surface area (Å²) in [5.41, 5.74) is 0. The third-order valence-electron chi connectivity index (χ3n) is 1.07. The minimum absolute atomic E-state index is 0.610. The molecule has 0 aliphatic carbocycles. The van der Waals surface area contributed by atoms with E-state index in [0.717, 1.165) is 5.03 Å². The molecule has 60 valence electrons. The van der Waals surface area contributed by atoms with Crippen LogP contribution in [0, 0.1) is 3.57 Å². The third-order valence-corrected chi connectivity index (χ3v) is 3.33. The molecule has 1 aromatic rings. The Labute approximate surface area is 85.1 Å². The van der Waals surface area contributed by atoms with Crippen LogP contribution in [-0.4, -0.2) is 10.2 Å². The van der Waals surface area contributed by atoms with Gasteiger partial charge in [0, 0.05) is 15.0 Å². The summed E-state index contributed by atoms with van der Waals surface area (Å²) in [5.74, 6) is 0. The molecule has 0 N–H and O–H groups in total. The van der Waals surface area contributed by atoms with Crippen molar-refractivity contribution in [3.8, 4) is 0 Å². The molecule has 0 atom stereocenters. The van der Waals surface area contributed by atoms with E-state index in [1.54, 1.807) is 11.8 Å². The van der Waals surface area contributed by atoms with Gasteiger partial charge in [0.25, 0.3) is 0 Å². The zero-order valence-corrected chi connectivity index (χ0v) is 9.52. The second-order valence-corrected chi connectivity index (χ2v) is 5.18. The van der Waals surface area contributed by atoms with E-state index in [1.807, 2.05) is 12.3 Å². The van der Waals surface area contributed by atoms with E-state index in [4.69, 9.17) is 0 Å². The average Bonchev–Trinajstić information content (AvgIpc) is 1.93. The number of hydrogen-bond acceptors (Lipinski definition) is 2. The number of pyridine rings is 1. The van der Waals surface area contributed by atoms with Gasteiger partial charge in [-0.1, -0.05) is 13.8 Å². The first-order valence-electron chi connectivity index (χ1n) is 3.47. The molecule has 1 aromatic heterocycles. The normalized spacial score (nSPS) is 10.5. The van der Waals surface area contributed by atoms with Gasteiger partial charge in [-0.2, -0.15) is 0 Å². The summed E-state index contributed by atoms with van der Waals surface area (Å²) in [6.07, 6.45) is 1.84. The number of rotatable bonds is 2. The van der Waals surface area contributed by atoms with Crippen LogP contribution in [-0.2, 0) is 0 Å². The van der Waals surface area contributed by atoms with Gasteiger partial charge in [-0.25, -0.2) is 4.98 Å². The average molecular weight is 279 g/mol. The quantitative estimate of drug-likeness (QED) is 0.609. The van der Waals surface area contributed by atoms with Crippen molar-refractivity contribution in [1.82, 2.24) is 4.98 Å². The van der Waals surface area contributed by atoms with Crippen molar-refractivity contribution in [1.29, 1.82) is 0 Å². The van der Waals surface area contributed by atoms with E-state index in [2.05, 4.69) is 47.5 Å². The Morgan fingerprint density at radius 1 is 1.55 bits per heavy atom. The molecule has 1 rings (SSSR count). The molecule has 1 nitrogen and oxygen atoms in total. The molecule has 0 unspecified atom stereocenters. The van der Waals surface area contributed by atoms with Crippen molar-refractivity contribution in [2.24, 2.45) is 0 Å². The third kappa shape index (κ3) is 2.99. The predicted molar refractivity (Wildman–Crippen MR) is 57.9 cm³/mol. The summed E-state index contributed by atoms with van der Waals surface area (Å²) in [4.78, 5) is 4.27. The highest BCUT2D eigenvalue weighted by Crippen LogP contribution is 2.24. The lowest BCUT2D eigenvalue weighted by Gasteiger charge is -2.04. The summed E-state index contributed by atoms with van der Waals surface area (Å²) in [6.45, 7) is 4.35. The summed E-state index contributed by atoms with van der Waals surface area (Å²) < 4.78 is 1.24. The molecule has 0 amide bonds. The fourth-order valence-electron chi connectivity index (χ4n) is 0.681. The second-order valence-electron chi connectivity index (χ2n) is 2.46. The molecule has 11 heavy (non-hydrogen) atoms. The summed E-state index contributed by atoms with van der Waals surface area (Å²) in [7, 11) is 0. The molecule has 3 heteroatoms. The number of aromatic nitrogens is 1. The van der Waals surface area contributed by atoms with E-state index in [-0.39, 0.29) is 0 Å². The molecule has 0 saturated heterocycles. The molecule has 0 radical (unpaired) electrons. The minimum atomic E-state index is 0.610. The van der Waals surface area contributed by atoms with Crippen LogP contribution >= 0.6 is 34.4 Å². The highest BCUT2D eigenvalue weighted by molar-refractivity contribution is 14.1. The van der Waals surface area contributed by atoms with Gasteiger partial charge in [0.15, 0.2) is 0 Å². The summed E-state index contributed by atoms with van der Waals surface area (Å²) in [5, 5.41) is 1.75. The molecule has 0 bridgehead atoms. The zero-order chi connectivity index (χ0) is 8.27. The van der Waals surface area contributed by atoms with Crippen LogP contribution in [0.25, 0.3) is 0 Å². The monoisotopic (exact) mass is 279 g/mol. The Bertz CT molecular complexity index is 237. The van der Waals surface area contributed by atoms with Crippen LogP contribution in [0.3, 0.4) is 0 Å². The Morgan fingerprint density at radius 3 is 2.82 bits per heavy atom. The molecule has 0 spiro atoms. The van der Waals surface area contributed by atoms with Gasteiger partial charge >= 0.3 is 0 Å². The zero-order valence-electron chi connectivity index (χ0n) is 6.54. The maximum atomic E-state index is 4.27. The SMILES string of the molecule is CC(C)Sc1ncccc1I. The van der Waals surface area contributed by atoms with Crippen LogP contribution in [0.2, 0.25) is 0 Å². The number of hydrogen-bond donors (Lipinski definition) is 0. The van der Waals surface area contributed by atoms with Crippen molar-refractivity contribution >= 4 is 34.4 Å². The molecule has 1 heterocycles. The Balaban J connectivity index is 2.78. The maximum Gasteiger partial charge on any atom is 0.110 e. The minimum Gasteiger partial charge on any atom is -0.249 e. The Morgan fingerprint density at radius 2 is 2.27 bits per heavy atom. The standard InChI is InChI=1S/C8H10INS/c1-6(2)11-8-7(9)4-3-5-10-8/h3-6H,1-2H3. The fraction of sp³-hybridized carbons (Fsp3) is 0.375. The first-order valence-corrected chi connectivity index (χ1v) is 5.43. The summed E-state index contributed by atoms with van der Waals surface area (Å²) >= 11 is 4.12. The maximum absolute atomic E-state index is 4.27. The second kappa shape index (κ2) is 4.30. The molecular weight excluding hydrogens is 269 g/mol. The lowest BCUT2D eigenvalue weighted by atomic mass is 10.5. The van der Waals surface area contributed by atoms with Crippen molar-refractivity contribution in [3.63, 3.8) is 0 Å². The Hall–Kier alpha value is 0.230. The molecule has 0 aliphatic heterocycles. The van der Waals surface area contributed by atoms with Gasteiger partial charge in [-0.15, -0.1) is 11.8 Å². The van der Waals surface area contributed by atoms with Gasteiger partial charge in [0.1, 0.15) is 5.03 Å². The van der Waals surface area contributed by atoms with Crippen LogP contribution in [0.5, 0.6) is 0 Å². The van der Waals surface area contributed by atoms with Crippen LogP contribution in [0.1, 0.15) is 13.8 Å². The van der Waals surface area contributed by atoms with Gasteiger partial charge in [0.05, 0.1) is 0 Å². The molecule has 0 fully saturated rings. The molecular formula is C8H10INS. The summed E-state index contributed by atoms with van der Waals surface area (Å²) in [6, 6.07) is 4.05. The van der Waals surface area contributed by atoms with Crippen molar-refractivity contribution in [3.05, 3.63) is 21.9 Å².